The summed E-state index contributed by atoms with van der Waals surface area (Å²) in [4.78, 5) is 16.0. The number of alkyl carbamates (subject to hydrolysis) is 1. The zero-order valence-corrected chi connectivity index (χ0v) is 17.6. The zero-order chi connectivity index (χ0) is 20.5. The summed E-state index contributed by atoms with van der Waals surface area (Å²) in [5.74, 6) is 0.466. The molecule has 0 saturated carbocycles. The predicted octanol–water partition coefficient (Wildman–Crippen LogP) is 2.67. The lowest BCUT2D eigenvalue weighted by molar-refractivity contribution is 0.00578. The molecule has 1 aromatic heterocycles. The van der Waals surface area contributed by atoms with Gasteiger partial charge in [-0.25, -0.2) is 9.78 Å². The molecule has 1 aliphatic heterocycles. The summed E-state index contributed by atoms with van der Waals surface area (Å²) < 4.78 is 22.9. The van der Waals surface area contributed by atoms with Crippen LogP contribution in [0, 0.1) is 0 Å². The number of hydrogen-bond donors (Lipinski definition) is 1. The summed E-state index contributed by atoms with van der Waals surface area (Å²) in [6, 6.07) is 3.42. The number of aromatic nitrogens is 1. The van der Waals surface area contributed by atoms with Crippen molar-refractivity contribution < 1.29 is 23.6 Å². The molecule has 0 aliphatic carbocycles. The van der Waals surface area contributed by atoms with Crippen molar-refractivity contribution in [1.29, 1.82) is 0 Å². The summed E-state index contributed by atoms with van der Waals surface area (Å²) in [7, 11) is -0.454. The predicted molar refractivity (Wildman–Crippen MR) is 104 cm³/mol. The fourth-order valence-corrected chi connectivity index (χ4v) is 2.36. The molecule has 2 rings (SSSR count). The normalized spacial score (nSPS) is 19.5. The van der Waals surface area contributed by atoms with Gasteiger partial charge in [0.25, 0.3) is 0 Å². The van der Waals surface area contributed by atoms with Crippen molar-refractivity contribution in [1.82, 2.24) is 10.3 Å². The molecule has 1 aromatic rings. The van der Waals surface area contributed by atoms with Crippen LogP contribution in [0.15, 0.2) is 18.3 Å². The highest BCUT2D eigenvalue weighted by Crippen LogP contribution is 2.36. The van der Waals surface area contributed by atoms with Gasteiger partial charge < -0.3 is 24.1 Å². The van der Waals surface area contributed by atoms with Crippen molar-refractivity contribution in [2.24, 2.45) is 0 Å². The number of amides is 1. The molecule has 0 radical (unpaired) electrons. The molecule has 0 bridgehead atoms. The van der Waals surface area contributed by atoms with E-state index >= 15 is 0 Å². The van der Waals surface area contributed by atoms with Gasteiger partial charge in [0.2, 0.25) is 5.88 Å². The smallest absolute Gasteiger partial charge is 0.475 e. The summed E-state index contributed by atoms with van der Waals surface area (Å²) in [5, 5.41) is 2.73. The van der Waals surface area contributed by atoms with Crippen LogP contribution >= 0.6 is 0 Å². The fourth-order valence-electron chi connectivity index (χ4n) is 2.36. The van der Waals surface area contributed by atoms with E-state index in [4.69, 9.17) is 18.8 Å². The molecule has 0 unspecified atom stereocenters. The molecular weight excluding hydrogens is 347 g/mol. The van der Waals surface area contributed by atoms with Crippen LogP contribution in [0.1, 0.15) is 55.4 Å². The van der Waals surface area contributed by atoms with Crippen LogP contribution in [0.4, 0.5) is 4.79 Å². The first kappa shape index (κ1) is 21.5. The first-order chi connectivity index (χ1) is 12.3. The maximum atomic E-state index is 11.7. The summed E-state index contributed by atoms with van der Waals surface area (Å²) in [5.41, 5.74) is -0.484. The van der Waals surface area contributed by atoms with Crippen LogP contribution in [-0.4, -0.2) is 47.6 Å². The third-order valence-corrected chi connectivity index (χ3v) is 4.53. The number of pyridine rings is 1. The Bertz CT molecular complexity index is 639. The van der Waals surface area contributed by atoms with Gasteiger partial charge in [-0.15, -0.1) is 0 Å². The minimum atomic E-state index is -0.532. The van der Waals surface area contributed by atoms with Gasteiger partial charge in [0.05, 0.1) is 17.2 Å². The van der Waals surface area contributed by atoms with Gasteiger partial charge in [0, 0.05) is 11.7 Å². The van der Waals surface area contributed by atoms with Gasteiger partial charge in [-0.3, -0.25) is 0 Å². The van der Waals surface area contributed by atoms with Crippen molar-refractivity contribution in [3.05, 3.63) is 18.3 Å². The molecular formula is C19H31BN2O5. The van der Waals surface area contributed by atoms with Crippen molar-refractivity contribution >= 4 is 18.7 Å². The quantitative estimate of drug-likeness (QED) is 0.794. The highest BCUT2D eigenvalue weighted by Gasteiger charge is 2.51. The summed E-state index contributed by atoms with van der Waals surface area (Å²) in [6.07, 6.45) is 1.21. The molecule has 150 valence electrons. The monoisotopic (exact) mass is 378 g/mol. The van der Waals surface area contributed by atoms with Gasteiger partial charge >= 0.3 is 13.2 Å². The Morgan fingerprint density at radius 2 is 1.81 bits per heavy atom. The number of nitrogens with zero attached hydrogens (tertiary/aromatic N) is 1. The van der Waals surface area contributed by atoms with Crippen molar-refractivity contribution in [3.63, 3.8) is 0 Å². The van der Waals surface area contributed by atoms with Crippen LogP contribution in [-0.2, 0) is 14.0 Å². The first-order valence-electron chi connectivity index (χ1n) is 9.23. The molecule has 1 saturated heterocycles. The molecule has 0 spiro atoms. The number of nitrogens with one attached hydrogen (secondary N) is 1. The Balaban J connectivity index is 1.85. The number of carbonyl (C=O) groups is 1. The third-order valence-electron chi connectivity index (χ3n) is 4.53. The molecule has 1 amide bonds. The Labute approximate surface area is 162 Å². The molecule has 1 N–H and O–H groups in total. The van der Waals surface area contributed by atoms with Gasteiger partial charge in [-0.1, -0.05) is 6.07 Å². The minimum Gasteiger partial charge on any atom is -0.475 e. The van der Waals surface area contributed by atoms with E-state index in [-0.39, 0.29) is 12.6 Å². The molecule has 1 fully saturated rings. The molecule has 2 heterocycles. The second kappa shape index (κ2) is 7.68. The molecule has 8 heteroatoms. The number of ether oxygens (including phenoxy) is 2. The van der Waals surface area contributed by atoms with E-state index in [1.165, 1.54) is 0 Å². The topological polar surface area (TPSA) is 78.9 Å². The van der Waals surface area contributed by atoms with Gasteiger partial charge in [0.1, 0.15) is 12.2 Å². The lowest BCUT2D eigenvalue weighted by Gasteiger charge is -2.32. The summed E-state index contributed by atoms with van der Waals surface area (Å²) in [6.45, 7) is 15.6. The van der Waals surface area contributed by atoms with Crippen molar-refractivity contribution in [2.75, 3.05) is 6.61 Å². The molecule has 1 aliphatic rings. The average Bonchev–Trinajstić information content (AvgIpc) is 2.72. The van der Waals surface area contributed by atoms with E-state index < -0.39 is 30.0 Å². The largest absolute Gasteiger partial charge is 0.496 e. The minimum absolute atomic E-state index is 0.218. The number of rotatable bonds is 5. The van der Waals surface area contributed by atoms with Crippen LogP contribution in [0.25, 0.3) is 0 Å². The first-order valence-corrected chi connectivity index (χ1v) is 9.23. The molecule has 1 atom stereocenters. The van der Waals surface area contributed by atoms with Crippen LogP contribution in [0.3, 0.4) is 0 Å². The zero-order valence-electron chi connectivity index (χ0n) is 17.6. The Kier molecular flexibility index (Phi) is 6.11. The standard InChI is InChI=1S/C19H31BN2O5/c1-13(22-16(23)25-17(2,3)4)12-24-15-10-9-14(11-21-15)20-26-18(5,6)19(7,8)27-20/h9-11,13H,12H2,1-8H3,(H,22,23)/t13-/m1/s1. The van der Waals surface area contributed by atoms with Gasteiger partial charge in [-0.2, -0.15) is 0 Å². The third kappa shape index (κ3) is 5.84. The number of carbonyl (C=O) groups excluding carboxylic acids is 1. The average molecular weight is 378 g/mol. The van der Waals surface area contributed by atoms with Crippen LogP contribution < -0.4 is 15.5 Å². The maximum absolute atomic E-state index is 11.7. The van der Waals surface area contributed by atoms with E-state index in [1.54, 1.807) is 12.3 Å². The number of hydrogen-bond acceptors (Lipinski definition) is 6. The second-order valence-electron chi connectivity index (χ2n) is 8.88. The maximum Gasteiger partial charge on any atom is 0.496 e. The Morgan fingerprint density at radius 1 is 1.22 bits per heavy atom. The van der Waals surface area contributed by atoms with Crippen LogP contribution in [0.2, 0.25) is 0 Å². The van der Waals surface area contributed by atoms with Gasteiger partial charge in [0.15, 0.2) is 0 Å². The van der Waals surface area contributed by atoms with Crippen LogP contribution in [0.5, 0.6) is 5.88 Å². The lowest BCUT2D eigenvalue weighted by atomic mass is 9.80. The van der Waals surface area contributed by atoms with Gasteiger partial charge in [-0.05, 0) is 61.5 Å². The molecule has 0 aromatic carbocycles. The van der Waals surface area contributed by atoms with E-state index in [9.17, 15) is 4.79 Å². The highest BCUT2D eigenvalue weighted by atomic mass is 16.7. The van der Waals surface area contributed by atoms with E-state index in [0.717, 1.165) is 5.46 Å². The van der Waals surface area contributed by atoms with E-state index in [0.29, 0.717) is 5.88 Å². The van der Waals surface area contributed by atoms with E-state index in [2.05, 4.69) is 10.3 Å². The van der Waals surface area contributed by atoms with E-state index in [1.807, 2.05) is 61.5 Å². The molecule has 7 nitrogen and oxygen atoms in total. The lowest BCUT2D eigenvalue weighted by Crippen LogP contribution is -2.41. The van der Waals surface area contributed by atoms with Crippen molar-refractivity contribution in [3.8, 4) is 5.88 Å². The fraction of sp³-hybridized carbons (Fsp3) is 0.684. The Hall–Kier alpha value is -1.80. The van der Waals surface area contributed by atoms with Crippen molar-refractivity contribution in [2.45, 2.75) is 78.2 Å². The second-order valence-corrected chi connectivity index (χ2v) is 8.88. The summed E-state index contributed by atoms with van der Waals surface area (Å²) >= 11 is 0. The SMILES string of the molecule is C[C@H](COc1ccc(B2OC(C)(C)C(C)(C)O2)cn1)NC(=O)OC(C)(C)C. The Morgan fingerprint density at radius 3 is 2.30 bits per heavy atom. The highest BCUT2D eigenvalue weighted by molar-refractivity contribution is 6.62. The molecule has 27 heavy (non-hydrogen) atoms.